The third-order valence-electron chi connectivity index (χ3n) is 3.35. The van der Waals surface area contributed by atoms with Gasteiger partial charge in [0.05, 0.1) is 17.2 Å². The molecule has 0 bridgehead atoms. The van der Waals surface area contributed by atoms with Gasteiger partial charge in [-0.05, 0) is 38.1 Å². The van der Waals surface area contributed by atoms with Gasteiger partial charge in [-0.15, -0.1) is 0 Å². The molecular formula is C15H21N3O3S. The molecule has 120 valence electrons. The quantitative estimate of drug-likeness (QED) is 0.815. The molecule has 0 amide bonds. The Morgan fingerprint density at radius 2 is 1.91 bits per heavy atom. The van der Waals surface area contributed by atoms with Gasteiger partial charge >= 0.3 is 0 Å². The smallest absolute Gasteiger partial charge is 0.243 e. The summed E-state index contributed by atoms with van der Waals surface area (Å²) in [6, 6.07) is 6.46. The molecule has 0 saturated heterocycles. The Balaban J connectivity index is 2.19. The van der Waals surface area contributed by atoms with Crippen molar-refractivity contribution >= 4 is 10.0 Å². The molecule has 2 rings (SSSR count). The zero-order chi connectivity index (χ0) is 16.3. The first-order valence-electron chi connectivity index (χ1n) is 7.03. The van der Waals surface area contributed by atoms with Crippen LogP contribution in [0.15, 0.2) is 35.4 Å². The van der Waals surface area contributed by atoms with E-state index < -0.39 is 10.0 Å². The summed E-state index contributed by atoms with van der Waals surface area (Å²) < 4.78 is 33.5. The zero-order valence-electron chi connectivity index (χ0n) is 13.3. The first-order chi connectivity index (χ1) is 10.3. The Hall–Kier alpha value is -1.86. The number of aromatic nitrogens is 2. The number of rotatable bonds is 6. The Morgan fingerprint density at radius 1 is 1.27 bits per heavy atom. The standard InChI is InChI=1S/C15H21N3O3S/c1-5-21-14-6-8-15(9-7-14)22(19,20)18(4)11-13-10-17(3)16-12(13)2/h6-10H,5,11H2,1-4H3. The van der Waals surface area contributed by atoms with E-state index in [1.165, 1.54) is 4.31 Å². The maximum Gasteiger partial charge on any atom is 0.243 e. The van der Waals surface area contributed by atoms with Crippen LogP contribution in [-0.2, 0) is 23.6 Å². The van der Waals surface area contributed by atoms with Crippen LogP contribution in [0.4, 0.5) is 0 Å². The van der Waals surface area contributed by atoms with E-state index in [2.05, 4.69) is 5.10 Å². The molecule has 0 atom stereocenters. The minimum atomic E-state index is -3.54. The molecule has 2 aromatic rings. The Labute approximate surface area is 131 Å². The number of hydrogen-bond acceptors (Lipinski definition) is 4. The van der Waals surface area contributed by atoms with Crippen LogP contribution in [-0.4, -0.2) is 36.2 Å². The topological polar surface area (TPSA) is 64.4 Å². The van der Waals surface area contributed by atoms with Crippen LogP contribution in [0.5, 0.6) is 5.75 Å². The van der Waals surface area contributed by atoms with Crippen molar-refractivity contribution in [2.45, 2.75) is 25.3 Å². The highest BCUT2D eigenvalue weighted by atomic mass is 32.2. The Kier molecular flexibility index (Phi) is 4.87. The number of benzene rings is 1. The predicted molar refractivity (Wildman–Crippen MR) is 84.2 cm³/mol. The van der Waals surface area contributed by atoms with Crippen LogP contribution in [0.1, 0.15) is 18.2 Å². The fourth-order valence-electron chi connectivity index (χ4n) is 2.18. The average molecular weight is 323 g/mol. The van der Waals surface area contributed by atoms with Crippen molar-refractivity contribution in [1.29, 1.82) is 0 Å². The molecule has 0 radical (unpaired) electrons. The lowest BCUT2D eigenvalue weighted by atomic mass is 10.3. The molecule has 22 heavy (non-hydrogen) atoms. The predicted octanol–water partition coefficient (Wildman–Crippen LogP) is 1.95. The normalized spacial score (nSPS) is 11.9. The SMILES string of the molecule is CCOc1ccc(S(=O)(=O)N(C)Cc2cn(C)nc2C)cc1. The molecular weight excluding hydrogens is 302 g/mol. The summed E-state index contributed by atoms with van der Waals surface area (Å²) in [4.78, 5) is 0.250. The van der Waals surface area contributed by atoms with E-state index in [1.807, 2.05) is 27.1 Å². The van der Waals surface area contributed by atoms with Gasteiger partial charge in [0, 0.05) is 32.4 Å². The van der Waals surface area contributed by atoms with Crippen molar-refractivity contribution in [1.82, 2.24) is 14.1 Å². The lowest BCUT2D eigenvalue weighted by Gasteiger charge is -2.17. The molecule has 1 heterocycles. The van der Waals surface area contributed by atoms with E-state index >= 15 is 0 Å². The van der Waals surface area contributed by atoms with Crippen molar-refractivity contribution in [3.05, 3.63) is 41.7 Å². The Morgan fingerprint density at radius 3 is 2.41 bits per heavy atom. The summed E-state index contributed by atoms with van der Waals surface area (Å²) in [5.41, 5.74) is 1.72. The summed E-state index contributed by atoms with van der Waals surface area (Å²) >= 11 is 0. The van der Waals surface area contributed by atoms with Gasteiger partial charge in [-0.1, -0.05) is 0 Å². The largest absolute Gasteiger partial charge is 0.494 e. The zero-order valence-corrected chi connectivity index (χ0v) is 14.1. The van der Waals surface area contributed by atoms with Gasteiger partial charge in [-0.25, -0.2) is 8.42 Å². The molecule has 6 nitrogen and oxygen atoms in total. The number of nitrogens with zero attached hydrogens (tertiary/aromatic N) is 3. The van der Waals surface area contributed by atoms with Crippen molar-refractivity contribution < 1.29 is 13.2 Å². The van der Waals surface area contributed by atoms with E-state index in [-0.39, 0.29) is 11.4 Å². The highest BCUT2D eigenvalue weighted by Crippen LogP contribution is 2.20. The molecule has 1 aromatic heterocycles. The minimum absolute atomic E-state index is 0.250. The lowest BCUT2D eigenvalue weighted by Crippen LogP contribution is -2.26. The molecule has 1 aromatic carbocycles. The van der Waals surface area contributed by atoms with Crippen molar-refractivity contribution in [3.8, 4) is 5.75 Å². The summed E-state index contributed by atoms with van der Waals surface area (Å²) in [6.45, 7) is 4.59. The molecule has 0 spiro atoms. The van der Waals surface area contributed by atoms with Crippen LogP contribution < -0.4 is 4.74 Å². The highest BCUT2D eigenvalue weighted by molar-refractivity contribution is 7.89. The van der Waals surface area contributed by atoms with Crippen LogP contribution in [0.25, 0.3) is 0 Å². The van der Waals surface area contributed by atoms with Crippen LogP contribution in [0.3, 0.4) is 0 Å². The fourth-order valence-corrected chi connectivity index (χ4v) is 3.33. The van der Waals surface area contributed by atoms with Crippen molar-refractivity contribution in [2.24, 2.45) is 7.05 Å². The summed E-state index contributed by atoms with van der Waals surface area (Å²) in [5, 5.41) is 4.23. The van der Waals surface area contributed by atoms with E-state index in [0.29, 0.717) is 12.4 Å². The van der Waals surface area contributed by atoms with Crippen LogP contribution >= 0.6 is 0 Å². The lowest BCUT2D eigenvalue weighted by molar-refractivity contribution is 0.340. The second kappa shape index (κ2) is 6.50. The molecule has 0 aliphatic carbocycles. The molecule has 7 heteroatoms. The van der Waals surface area contributed by atoms with Gasteiger partial charge in [0.2, 0.25) is 10.0 Å². The third kappa shape index (κ3) is 3.48. The minimum Gasteiger partial charge on any atom is -0.494 e. The number of ether oxygens (including phenoxy) is 1. The number of sulfonamides is 1. The van der Waals surface area contributed by atoms with Gasteiger partial charge in [0.15, 0.2) is 0 Å². The van der Waals surface area contributed by atoms with Crippen molar-refractivity contribution in [3.63, 3.8) is 0 Å². The maximum absolute atomic E-state index is 12.6. The van der Waals surface area contributed by atoms with Gasteiger partial charge < -0.3 is 4.74 Å². The first kappa shape index (κ1) is 16.5. The molecule has 0 N–H and O–H groups in total. The highest BCUT2D eigenvalue weighted by Gasteiger charge is 2.22. The number of hydrogen-bond donors (Lipinski definition) is 0. The average Bonchev–Trinajstić information content (AvgIpc) is 2.78. The molecule has 0 saturated carbocycles. The molecule has 0 aliphatic heterocycles. The van der Waals surface area contributed by atoms with Gasteiger partial charge in [0.1, 0.15) is 5.75 Å². The molecule has 0 unspecified atom stereocenters. The van der Waals surface area contributed by atoms with Crippen molar-refractivity contribution in [2.75, 3.05) is 13.7 Å². The van der Waals surface area contributed by atoms with E-state index in [4.69, 9.17) is 4.74 Å². The summed E-state index contributed by atoms with van der Waals surface area (Å²) in [7, 11) is -0.151. The summed E-state index contributed by atoms with van der Waals surface area (Å²) in [5.74, 6) is 0.659. The van der Waals surface area contributed by atoms with Crippen LogP contribution in [0, 0.1) is 6.92 Å². The molecule has 0 aliphatic rings. The number of aryl methyl sites for hydroxylation is 2. The van der Waals surface area contributed by atoms with Crippen LogP contribution in [0.2, 0.25) is 0 Å². The van der Waals surface area contributed by atoms with E-state index in [1.54, 1.807) is 36.0 Å². The second-order valence-electron chi connectivity index (χ2n) is 5.08. The first-order valence-corrected chi connectivity index (χ1v) is 8.47. The fraction of sp³-hybridized carbons (Fsp3) is 0.400. The monoisotopic (exact) mass is 323 g/mol. The summed E-state index contributed by atoms with van der Waals surface area (Å²) in [6.07, 6.45) is 1.83. The van der Waals surface area contributed by atoms with E-state index in [0.717, 1.165) is 11.3 Å². The maximum atomic E-state index is 12.6. The van der Waals surface area contributed by atoms with Gasteiger partial charge in [-0.2, -0.15) is 9.40 Å². The van der Waals surface area contributed by atoms with E-state index in [9.17, 15) is 8.42 Å². The third-order valence-corrected chi connectivity index (χ3v) is 5.17. The van der Waals surface area contributed by atoms with Gasteiger partial charge in [0.25, 0.3) is 0 Å². The van der Waals surface area contributed by atoms with Gasteiger partial charge in [-0.3, -0.25) is 4.68 Å². The second-order valence-corrected chi connectivity index (χ2v) is 7.12. The Bertz CT molecular complexity index is 736. The molecule has 0 fully saturated rings.